The molecule has 0 aliphatic rings. The van der Waals surface area contributed by atoms with Crippen LogP contribution in [-0.2, 0) is 4.74 Å². The molecule has 1 aromatic rings. The summed E-state index contributed by atoms with van der Waals surface area (Å²) < 4.78 is 6.57. The predicted molar refractivity (Wildman–Crippen MR) is 64.8 cm³/mol. The average Bonchev–Trinajstić information content (AvgIpc) is 1.98. The number of rotatable bonds is 1. The molecule has 0 saturated carbocycles. The first-order valence-electron chi connectivity index (χ1n) is 4.34. The second-order valence-corrected chi connectivity index (χ2v) is 5.72. The zero-order valence-electron chi connectivity index (χ0n) is 8.67. The minimum absolute atomic E-state index is 0.283. The van der Waals surface area contributed by atoms with Crippen LogP contribution in [0.25, 0.3) is 0 Å². The fourth-order valence-electron chi connectivity index (χ4n) is 0.901. The number of pyridine rings is 1. The van der Waals surface area contributed by atoms with E-state index in [1.165, 1.54) is 0 Å². The Morgan fingerprint density at radius 2 is 1.93 bits per heavy atom. The molecule has 0 unspecified atom stereocenters. The first-order chi connectivity index (χ1) is 6.78. The number of carbonyl (C=O) groups excluding carboxylic acids is 1. The molecule has 0 radical (unpaired) electrons. The molecule has 0 amide bonds. The minimum Gasteiger partial charge on any atom is -0.455 e. The summed E-state index contributed by atoms with van der Waals surface area (Å²) in [5.41, 5.74) is -0.223. The molecule has 5 heteroatoms. The topological polar surface area (TPSA) is 39.2 Å². The zero-order chi connectivity index (χ0) is 11.6. The zero-order valence-corrected chi connectivity index (χ0v) is 11.8. The maximum absolute atomic E-state index is 11.6. The van der Waals surface area contributed by atoms with Gasteiger partial charge in [0.25, 0.3) is 0 Å². The molecule has 0 N–H and O–H groups in total. The number of aromatic nitrogens is 1. The van der Waals surface area contributed by atoms with Crippen molar-refractivity contribution in [1.29, 1.82) is 0 Å². The van der Waals surface area contributed by atoms with Gasteiger partial charge in [0.1, 0.15) is 10.2 Å². The lowest BCUT2D eigenvalue weighted by Crippen LogP contribution is -2.24. The summed E-state index contributed by atoms with van der Waals surface area (Å²) in [6.45, 7) is 5.45. The Hall–Kier alpha value is -0.420. The summed E-state index contributed by atoms with van der Waals surface area (Å²) in [6, 6.07) is 3.38. The maximum Gasteiger partial charge on any atom is 0.357 e. The Bertz CT molecular complexity index is 365. The molecule has 0 aliphatic carbocycles. The lowest BCUT2D eigenvalue weighted by atomic mass is 10.2. The van der Waals surface area contributed by atoms with E-state index < -0.39 is 11.6 Å². The standard InChI is InChI=1S/C10H11Br2NO2/c1-10(2,3)15-9(14)7-4-6(11)5-8(12)13-7/h4-5H,1-3H3. The van der Waals surface area contributed by atoms with Gasteiger partial charge in [-0.25, -0.2) is 9.78 Å². The van der Waals surface area contributed by atoms with Gasteiger partial charge >= 0.3 is 5.97 Å². The van der Waals surface area contributed by atoms with E-state index in [2.05, 4.69) is 36.8 Å². The molecular formula is C10H11Br2NO2. The van der Waals surface area contributed by atoms with Crippen LogP contribution in [0.5, 0.6) is 0 Å². The van der Waals surface area contributed by atoms with Crippen molar-refractivity contribution in [3.05, 3.63) is 26.9 Å². The van der Waals surface area contributed by atoms with Crippen LogP contribution in [0.15, 0.2) is 21.2 Å². The third kappa shape index (κ3) is 4.30. The minimum atomic E-state index is -0.506. The molecule has 1 rings (SSSR count). The molecule has 82 valence electrons. The Morgan fingerprint density at radius 3 is 2.40 bits per heavy atom. The quantitative estimate of drug-likeness (QED) is 0.581. The Morgan fingerprint density at radius 1 is 1.33 bits per heavy atom. The fraction of sp³-hybridized carbons (Fsp3) is 0.400. The molecule has 0 spiro atoms. The van der Waals surface area contributed by atoms with Crippen molar-refractivity contribution in [3.63, 3.8) is 0 Å². The average molecular weight is 337 g/mol. The monoisotopic (exact) mass is 335 g/mol. The lowest BCUT2D eigenvalue weighted by molar-refractivity contribution is 0.00625. The van der Waals surface area contributed by atoms with Gasteiger partial charge in [-0.3, -0.25) is 0 Å². The molecular weight excluding hydrogens is 326 g/mol. The summed E-state index contributed by atoms with van der Waals surface area (Å²) in [5, 5.41) is 0. The number of esters is 1. The van der Waals surface area contributed by atoms with Crippen molar-refractivity contribution in [2.24, 2.45) is 0 Å². The number of carbonyl (C=O) groups is 1. The molecule has 0 atom stereocenters. The summed E-state index contributed by atoms with van der Waals surface area (Å²) in [4.78, 5) is 15.7. The fourth-order valence-corrected chi connectivity index (χ4v) is 2.08. The van der Waals surface area contributed by atoms with Gasteiger partial charge in [0.2, 0.25) is 0 Å². The van der Waals surface area contributed by atoms with Gasteiger partial charge in [-0.2, -0.15) is 0 Å². The van der Waals surface area contributed by atoms with Gasteiger partial charge in [0.15, 0.2) is 5.69 Å². The first-order valence-corrected chi connectivity index (χ1v) is 5.93. The van der Waals surface area contributed by atoms with Gasteiger partial charge in [0.05, 0.1) is 0 Å². The van der Waals surface area contributed by atoms with Crippen LogP contribution in [0.2, 0.25) is 0 Å². The van der Waals surface area contributed by atoms with Gasteiger partial charge in [0, 0.05) is 4.47 Å². The van der Waals surface area contributed by atoms with E-state index >= 15 is 0 Å². The normalized spacial score (nSPS) is 11.3. The van der Waals surface area contributed by atoms with Gasteiger partial charge in [-0.05, 0) is 48.8 Å². The molecule has 0 bridgehead atoms. The third-order valence-electron chi connectivity index (χ3n) is 1.37. The van der Waals surface area contributed by atoms with E-state index in [9.17, 15) is 4.79 Å². The number of hydrogen-bond acceptors (Lipinski definition) is 3. The second-order valence-electron chi connectivity index (χ2n) is 4.00. The largest absolute Gasteiger partial charge is 0.455 e. The van der Waals surface area contributed by atoms with Gasteiger partial charge in [-0.15, -0.1) is 0 Å². The molecule has 0 aromatic carbocycles. The number of nitrogens with zero attached hydrogens (tertiary/aromatic N) is 1. The van der Waals surface area contributed by atoms with E-state index in [1.54, 1.807) is 12.1 Å². The number of halogens is 2. The van der Waals surface area contributed by atoms with E-state index in [4.69, 9.17) is 4.74 Å². The highest BCUT2D eigenvalue weighted by molar-refractivity contribution is 9.11. The summed E-state index contributed by atoms with van der Waals surface area (Å²) in [6.07, 6.45) is 0. The molecule has 0 aliphatic heterocycles. The van der Waals surface area contributed by atoms with Crippen LogP contribution in [0.4, 0.5) is 0 Å². The van der Waals surface area contributed by atoms with E-state index in [1.807, 2.05) is 20.8 Å². The molecule has 3 nitrogen and oxygen atoms in total. The lowest BCUT2D eigenvalue weighted by Gasteiger charge is -2.19. The molecule has 0 fully saturated rings. The molecule has 0 saturated heterocycles. The Balaban J connectivity index is 2.92. The predicted octanol–water partition coefficient (Wildman–Crippen LogP) is 3.56. The Kier molecular flexibility index (Phi) is 3.89. The van der Waals surface area contributed by atoms with Crippen molar-refractivity contribution >= 4 is 37.8 Å². The maximum atomic E-state index is 11.6. The van der Waals surface area contributed by atoms with Crippen molar-refractivity contribution in [2.75, 3.05) is 0 Å². The van der Waals surface area contributed by atoms with Crippen molar-refractivity contribution in [1.82, 2.24) is 4.98 Å². The smallest absolute Gasteiger partial charge is 0.357 e. The second kappa shape index (κ2) is 4.61. The van der Waals surface area contributed by atoms with Crippen molar-refractivity contribution in [3.8, 4) is 0 Å². The van der Waals surface area contributed by atoms with Gasteiger partial charge < -0.3 is 4.74 Å². The van der Waals surface area contributed by atoms with Crippen LogP contribution >= 0.6 is 31.9 Å². The van der Waals surface area contributed by atoms with E-state index in [0.717, 1.165) is 4.47 Å². The van der Waals surface area contributed by atoms with Crippen LogP contribution in [0.1, 0.15) is 31.3 Å². The van der Waals surface area contributed by atoms with Crippen LogP contribution < -0.4 is 0 Å². The molecule has 1 heterocycles. The number of ether oxygens (including phenoxy) is 1. The van der Waals surface area contributed by atoms with Crippen molar-refractivity contribution < 1.29 is 9.53 Å². The highest BCUT2D eigenvalue weighted by atomic mass is 79.9. The van der Waals surface area contributed by atoms with E-state index in [0.29, 0.717) is 4.60 Å². The first kappa shape index (κ1) is 12.6. The highest BCUT2D eigenvalue weighted by Gasteiger charge is 2.19. The summed E-state index contributed by atoms with van der Waals surface area (Å²) >= 11 is 6.50. The Labute approximate surface area is 105 Å². The number of hydrogen-bond donors (Lipinski definition) is 0. The molecule has 15 heavy (non-hydrogen) atoms. The van der Waals surface area contributed by atoms with Crippen LogP contribution in [0.3, 0.4) is 0 Å². The summed E-state index contributed by atoms with van der Waals surface area (Å²) in [5.74, 6) is -0.426. The third-order valence-corrected chi connectivity index (χ3v) is 2.23. The van der Waals surface area contributed by atoms with E-state index in [-0.39, 0.29) is 5.69 Å². The van der Waals surface area contributed by atoms with Crippen LogP contribution in [-0.4, -0.2) is 16.6 Å². The van der Waals surface area contributed by atoms with Crippen molar-refractivity contribution in [2.45, 2.75) is 26.4 Å². The molecule has 1 aromatic heterocycles. The highest BCUT2D eigenvalue weighted by Crippen LogP contribution is 2.18. The van der Waals surface area contributed by atoms with Gasteiger partial charge in [-0.1, -0.05) is 15.9 Å². The van der Waals surface area contributed by atoms with Crippen LogP contribution in [0, 0.1) is 0 Å². The SMILES string of the molecule is CC(C)(C)OC(=O)c1cc(Br)cc(Br)n1. The summed E-state index contributed by atoms with van der Waals surface area (Å²) in [7, 11) is 0.